The topological polar surface area (TPSA) is 33.1 Å². The summed E-state index contributed by atoms with van der Waals surface area (Å²) in [4.78, 5) is 4.18. The minimum atomic E-state index is -0.753. The van der Waals surface area contributed by atoms with Gasteiger partial charge in [0.1, 0.15) is 10.6 Å². The van der Waals surface area contributed by atoms with Gasteiger partial charge in [-0.3, -0.25) is 0 Å². The molecule has 0 saturated carbocycles. The van der Waals surface area contributed by atoms with Crippen LogP contribution in [0.15, 0.2) is 11.6 Å². The lowest BCUT2D eigenvalue weighted by Crippen LogP contribution is -2.22. The predicted octanol–water partition coefficient (Wildman–Crippen LogP) is 3.42. The Kier molecular flexibility index (Phi) is 4.29. The molecule has 0 aliphatic rings. The highest BCUT2D eigenvalue weighted by Crippen LogP contribution is 2.30. The maximum atomic E-state index is 10.3. The molecule has 15 heavy (non-hydrogen) atoms. The maximum absolute atomic E-state index is 10.3. The monoisotopic (exact) mass is 227 g/mol. The summed E-state index contributed by atoms with van der Waals surface area (Å²) in [5.41, 5.74) is -0.753. The van der Waals surface area contributed by atoms with Crippen molar-refractivity contribution in [2.45, 2.75) is 46.1 Å². The molecule has 2 nitrogen and oxygen atoms in total. The van der Waals surface area contributed by atoms with E-state index in [0.29, 0.717) is 11.8 Å². The van der Waals surface area contributed by atoms with Crippen molar-refractivity contribution in [3.63, 3.8) is 0 Å². The average Bonchev–Trinajstić information content (AvgIpc) is 2.67. The normalized spacial score (nSPS) is 17.7. The smallest absolute Gasteiger partial charge is 0.124 e. The number of rotatable bonds is 5. The fourth-order valence-electron chi connectivity index (χ4n) is 1.44. The van der Waals surface area contributed by atoms with Gasteiger partial charge in [0.25, 0.3) is 0 Å². The van der Waals surface area contributed by atoms with E-state index < -0.39 is 5.60 Å². The molecule has 2 unspecified atom stereocenters. The van der Waals surface area contributed by atoms with Crippen LogP contribution in [0.5, 0.6) is 0 Å². The van der Waals surface area contributed by atoms with Crippen LogP contribution >= 0.6 is 11.3 Å². The Balaban J connectivity index is 2.51. The third-order valence-electron chi connectivity index (χ3n) is 3.12. The largest absolute Gasteiger partial charge is 0.383 e. The lowest BCUT2D eigenvalue weighted by atomic mass is 9.88. The molecule has 0 radical (unpaired) electrons. The summed E-state index contributed by atoms with van der Waals surface area (Å²) in [5.74, 6) is 1.33. The molecule has 86 valence electrons. The van der Waals surface area contributed by atoms with Crippen LogP contribution in [0.4, 0.5) is 0 Å². The number of aliphatic hydroxyl groups is 1. The molecule has 3 heteroatoms. The van der Waals surface area contributed by atoms with Crippen molar-refractivity contribution in [2.75, 3.05) is 0 Å². The first-order chi connectivity index (χ1) is 6.93. The van der Waals surface area contributed by atoms with E-state index in [1.165, 1.54) is 11.3 Å². The van der Waals surface area contributed by atoms with Crippen LogP contribution in [0.1, 0.15) is 45.5 Å². The van der Waals surface area contributed by atoms with Crippen LogP contribution in [0, 0.1) is 11.8 Å². The summed E-state index contributed by atoms with van der Waals surface area (Å²) in [6, 6.07) is 0. The van der Waals surface area contributed by atoms with Gasteiger partial charge in [-0.2, -0.15) is 0 Å². The van der Waals surface area contributed by atoms with Crippen LogP contribution in [-0.4, -0.2) is 10.1 Å². The average molecular weight is 227 g/mol. The van der Waals surface area contributed by atoms with Crippen LogP contribution < -0.4 is 0 Å². The van der Waals surface area contributed by atoms with Gasteiger partial charge < -0.3 is 5.11 Å². The lowest BCUT2D eigenvalue weighted by Gasteiger charge is -2.24. The molecule has 1 aromatic heterocycles. The van der Waals surface area contributed by atoms with Crippen LogP contribution in [-0.2, 0) is 5.60 Å². The van der Waals surface area contributed by atoms with Gasteiger partial charge >= 0.3 is 0 Å². The zero-order valence-electron chi connectivity index (χ0n) is 10.0. The Labute approximate surface area is 96.4 Å². The molecule has 0 fully saturated rings. The third-order valence-corrected chi connectivity index (χ3v) is 4.14. The lowest BCUT2D eigenvalue weighted by molar-refractivity contribution is 0.0391. The van der Waals surface area contributed by atoms with E-state index in [-0.39, 0.29) is 0 Å². The van der Waals surface area contributed by atoms with E-state index in [0.717, 1.165) is 17.8 Å². The van der Waals surface area contributed by atoms with Gasteiger partial charge in [-0.25, -0.2) is 4.98 Å². The van der Waals surface area contributed by atoms with Gasteiger partial charge in [0.2, 0.25) is 0 Å². The van der Waals surface area contributed by atoms with E-state index in [1.54, 1.807) is 6.20 Å². The number of nitrogens with zero attached hydrogens (tertiary/aromatic N) is 1. The Morgan fingerprint density at radius 3 is 2.60 bits per heavy atom. The number of aromatic nitrogens is 1. The second kappa shape index (κ2) is 5.08. The molecular formula is C12H21NOS. The molecule has 2 atom stereocenters. The molecule has 1 N–H and O–H groups in total. The van der Waals surface area contributed by atoms with Crippen molar-refractivity contribution < 1.29 is 5.11 Å². The van der Waals surface area contributed by atoms with Crippen molar-refractivity contribution in [2.24, 2.45) is 11.8 Å². The minimum absolute atomic E-state index is 0.649. The first kappa shape index (κ1) is 12.7. The summed E-state index contributed by atoms with van der Waals surface area (Å²) in [6.45, 7) is 8.55. The van der Waals surface area contributed by atoms with E-state index in [2.05, 4.69) is 25.8 Å². The Morgan fingerprint density at radius 2 is 2.13 bits per heavy atom. The van der Waals surface area contributed by atoms with Crippen LogP contribution in [0.25, 0.3) is 0 Å². The maximum Gasteiger partial charge on any atom is 0.124 e. The highest BCUT2D eigenvalue weighted by Gasteiger charge is 2.26. The van der Waals surface area contributed by atoms with E-state index >= 15 is 0 Å². The molecule has 0 aliphatic carbocycles. The van der Waals surface area contributed by atoms with Crippen molar-refractivity contribution >= 4 is 11.3 Å². The molecule has 0 aliphatic heterocycles. The van der Waals surface area contributed by atoms with Crippen molar-refractivity contribution in [1.29, 1.82) is 0 Å². The highest BCUT2D eigenvalue weighted by molar-refractivity contribution is 7.09. The molecule has 0 amide bonds. The summed E-state index contributed by atoms with van der Waals surface area (Å²) in [5, 5.41) is 13.0. The van der Waals surface area contributed by atoms with Crippen molar-refractivity contribution in [3.05, 3.63) is 16.6 Å². The number of hydrogen-bond donors (Lipinski definition) is 1. The summed E-state index contributed by atoms with van der Waals surface area (Å²) < 4.78 is 0. The van der Waals surface area contributed by atoms with E-state index in [1.807, 2.05) is 12.3 Å². The summed E-state index contributed by atoms with van der Waals surface area (Å²) in [6.07, 6.45) is 3.59. The second-order valence-corrected chi connectivity index (χ2v) is 5.77. The predicted molar refractivity (Wildman–Crippen MR) is 64.9 cm³/mol. The Bertz CT molecular complexity index is 280. The third kappa shape index (κ3) is 3.58. The SMILES string of the molecule is CC(C)C(C)CCC(C)(O)c1nccs1. The molecular weight excluding hydrogens is 206 g/mol. The second-order valence-electron chi connectivity index (χ2n) is 4.87. The summed E-state index contributed by atoms with van der Waals surface area (Å²) in [7, 11) is 0. The highest BCUT2D eigenvalue weighted by atomic mass is 32.1. The fraction of sp³-hybridized carbons (Fsp3) is 0.750. The molecule has 1 rings (SSSR count). The molecule has 0 bridgehead atoms. The quantitative estimate of drug-likeness (QED) is 0.836. The standard InChI is InChI=1S/C12H21NOS/c1-9(2)10(3)5-6-12(4,14)11-13-7-8-15-11/h7-10,14H,5-6H2,1-4H3. The van der Waals surface area contributed by atoms with Gasteiger partial charge in [-0.05, 0) is 31.6 Å². The Hall–Kier alpha value is -0.410. The molecule has 1 heterocycles. The zero-order chi connectivity index (χ0) is 11.5. The van der Waals surface area contributed by atoms with Gasteiger partial charge in [-0.1, -0.05) is 20.8 Å². The van der Waals surface area contributed by atoms with Gasteiger partial charge in [-0.15, -0.1) is 11.3 Å². The van der Waals surface area contributed by atoms with Crippen LogP contribution in [0.3, 0.4) is 0 Å². The van der Waals surface area contributed by atoms with Crippen molar-refractivity contribution in [3.8, 4) is 0 Å². The molecule has 0 aromatic carbocycles. The van der Waals surface area contributed by atoms with E-state index in [9.17, 15) is 5.11 Å². The number of hydrogen-bond acceptors (Lipinski definition) is 3. The first-order valence-electron chi connectivity index (χ1n) is 5.56. The molecule has 0 saturated heterocycles. The van der Waals surface area contributed by atoms with Gasteiger partial charge in [0.15, 0.2) is 0 Å². The fourth-order valence-corrected chi connectivity index (χ4v) is 2.17. The number of thiazole rings is 1. The molecule has 1 aromatic rings. The minimum Gasteiger partial charge on any atom is -0.383 e. The Morgan fingerprint density at radius 1 is 1.47 bits per heavy atom. The van der Waals surface area contributed by atoms with Crippen molar-refractivity contribution in [1.82, 2.24) is 4.98 Å². The van der Waals surface area contributed by atoms with Gasteiger partial charge in [0.05, 0.1) is 0 Å². The molecule has 0 spiro atoms. The van der Waals surface area contributed by atoms with Crippen LogP contribution in [0.2, 0.25) is 0 Å². The summed E-state index contributed by atoms with van der Waals surface area (Å²) >= 11 is 1.53. The first-order valence-corrected chi connectivity index (χ1v) is 6.44. The van der Waals surface area contributed by atoms with Gasteiger partial charge in [0, 0.05) is 11.6 Å². The zero-order valence-corrected chi connectivity index (χ0v) is 10.8. The van der Waals surface area contributed by atoms with E-state index in [4.69, 9.17) is 0 Å².